The summed E-state index contributed by atoms with van der Waals surface area (Å²) in [6.45, 7) is 0. The molecule has 0 spiro atoms. The molecule has 0 atom stereocenters. The van der Waals surface area contributed by atoms with Crippen LogP contribution in [0.25, 0.3) is 0 Å². The van der Waals surface area contributed by atoms with Crippen molar-refractivity contribution in [3.8, 4) is 5.75 Å². The number of halogens is 1. The standard InChI is InChI=1S/C10H11BrO/c1-12-10-8(7-5-6-7)3-2-4-9(10)11/h2-4,7H,5-6H2,1H3. The Kier molecular flexibility index (Phi) is 2.09. The molecule has 1 nitrogen and oxygen atoms in total. The summed E-state index contributed by atoms with van der Waals surface area (Å²) in [7, 11) is 1.73. The molecule has 0 unspecified atom stereocenters. The third-order valence-corrected chi connectivity index (χ3v) is 2.84. The van der Waals surface area contributed by atoms with Crippen LogP contribution in [0.2, 0.25) is 0 Å². The molecule has 1 fully saturated rings. The Bertz CT molecular complexity index is 292. The van der Waals surface area contributed by atoms with Crippen molar-refractivity contribution < 1.29 is 4.74 Å². The van der Waals surface area contributed by atoms with Crippen LogP contribution in [0.15, 0.2) is 22.7 Å². The summed E-state index contributed by atoms with van der Waals surface area (Å²) in [5.74, 6) is 1.76. The molecule has 0 bridgehead atoms. The molecule has 0 heterocycles. The van der Waals surface area contributed by atoms with E-state index in [-0.39, 0.29) is 0 Å². The van der Waals surface area contributed by atoms with Crippen molar-refractivity contribution in [2.45, 2.75) is 18.8 Å². The Morgan fingerprint density at radius 1 is 1.42 bits per heavy atom. The smallest absolute Gasteiger partial charge is 0.136 e. The lowest BCUT2D eigenvalue weighted by atomic mass is 10.1. The summed E-state index contributed by atoms with van der Waals surface area (Å²) in [5, 5.41) is 0. The van der Waals surface area contributed by atoms with Crippen molar-refractivity contribution in [2.24, 2.45) is 0 Å². The van der Waals surface area contributed by atoms with Gasteiger partial charge in [0.15, 0.2) is 0 Å². The highest BCUT2D eigenvalue weighted by Gasteiger charge is 2.27. The number of hydrogen-bond acceptors (Lipinski definition) is 1. The zero-order chi connectivity index (χ0) is 8.55. The van der Waals surface area contributed by atoms with Crippen LogP contribution in [0.4, 0.5) is 0 Å². The van der Waals surface area contributed by atoms with Crippen LogP contribution in [0.5, 0.6) is 5.75 Å². The SMILES string of the molecule is COc1c(Br)cccc1C1CC1. The van der Waals surface area contributed by atoms with Gasteiger partial charge in [-0.3, -0.25) is 0 Å². The number of hydrogen-bond donors (Lipinski definition) is 0. The van der Waals surface area contributed by atoms with Crippen LogP contribution in [-0.2, 0) is 0 Å². The Morgan fingerprint density at radius 2 is 2.17 bits per heavy atom. The molecular formula is C10H11BrO. The quantitative estimate of drug-likeness (QED) is 0.752. The van der Waals surface area contributed by atoms with Crippen molar-refractivity contribution >= 4 is 15.9 Å². The van der Waals surface area contributed by atoms with Gasteiger partial charge in [-0.2, -0.15) is 0 Å². The second kappa shape index (κ2) is 3.09. The number of benzene rings is 1. The molecule has 0 N–H and O–H groups in total. The Hall–Kier alpha value is -0.500. The van der Waals surface area contributed by atoms with Gasteiger partial charge in [-0.1, -0.05) is 12.1 Å². The molecule has 0 radical (unpaired) electrons. The number of ether oxygens (including phenoxy) is 1. The van der Waals surface area contributed by atoms with Crippen molar-refractivity contribution in [1.82, 2.24) is 0 Å². The third kappa shape index (κ3) is 1.36. The normalized spacial score (nSPS) is 16.2. The Morgan fingerprint density at radius 3 is 2.75 bits per heavy atom. The second-order valence-electron chi connectivity index (χ2n) is 3.14. The topological polar surface area (TPSA) is 9.23 Å². The number of methoxy groups -OCH3 is 1. The number of para-hydroxylation sites is 1. The first kappa shape index (κ1) is 8.11. The van der Waals surface area contributed by atoms with E-state index in [0.29, 0.717) is 0 Å². The highest BCUT2D eigenvalue weighted by atomic mass is 79.9. The lowest BCUT2D eigenvalue weighted by Crippen LogP contribution is -1.90. The predicted octanol–water partition coefficient (Wildman–Crippen LogP) is 3.34. The van der Waals surface area contributed by atoms with Gasteiger partial charge in [0.25, 0.3) is 0 Å². The highest BCUT2D eigenvalue weighted by molar-refractivity contribution is 9.10. The van der Waals surface area contributed by atoms with Crippen molar-refractivity contribution in [2.75, 3.05) is 7.11 Å². The molecule has 1 aliphatic carbocycles. The van der Waals surface area contributed by atoms with Crippen LogP contribution in [0.3, 0.4) is 0 Å². The van der Waals surface area contributed by atoms with E-state index in [1.165, 1.54) is 18.4 Å². The van der Waals surface area contributed by atoms with Crippen molar-refractivity contribution in [3.63, 3.8) is 0 Å². The molecule has 12 heavy (non-hydrogen) atoms. The molecule has 2 rings (SSSR count). The molecule has 64 valence electrons. The van der Waals surface area contributed by atoms with Gasteiger partial charge in [-0.15, -0.1) is 0 Å². The maximum absolute atomic E-state index is 5.33. The van der Waals surface area contributed by atoms with Crippen LogP contribution in [-0.4, -0.2) is 7.11 Å². The fourth-order valence-electron chi connectivity index (χ4n) is 1.46. The van der Waals surface area contributed by atoms with Gasteiger partial charge in [0, 0.05) is 0 Å². The lowest BCUT2D eigenvalue weighted by molar-refractivity contribution is 0.407. The van der Waals surface area contributed by atoms with Crippen molar-refractivity contribution in [1.29, 1.82) is 0 Å². The minimum Gasteiger partial charge on any atom is -0.495 e. The van der Waals surface area contributed by atoms with E-state index < -0.39 is 0 Å². The van der Waals surface area contributed by atoms with Gasteiger partial charge in [-0.05, 0) is 46.3 Å². The average Bonchev–Trinajstić information content (AvgIpc) is 2.86. The first-order valence-corrected chi connectivity index (χ1v) is 4.94. The fourth-order valence-corrected chi connectivity index (χ4v) is 2.00. The van der Waals surface area contributed by atoms with Gasteiger partial charge in [-0.25, -0.2) is 0 Å². The molecule has 1 aromatic carbocycles. The van der Waals surface area contributed by atoms with Crippen LogP contribution >= 0.6 is 15.9 Å². The Balaban J connectivity index is 2.43. The summed E-state index contributed by atoms with van der Waals surface area (Å²) >= 11 is 3.48. The van der Waals surface area contributed by atoms with E-state index >= 15 is 0 Å². The summed E-state index contributed by atoms with van der Waals surface area (Å²) in [6, 6.07) is 6.24. The molecule has 0 aliphatic heterocycles. The van der Waals surface area contributed by atoms with E-state index in [4.69, 9.17) is 4.74 Å². The van der Waals surface area contributed by atoms with E-state index in [1.54, 1.807) is 7.11 Å². The zero-order valence-corrected chi connectivity index (χ0v) is 8.60. The average molecular weight is 227 g/mol. The molecule has 0 saturated heterocycles. The van der Waals surface area contributed by atoms with Gasteiger partial charge < -0.3 is 4.74 Å². The predicted molar refractivity (Wildman–Crippen MR) is 52.7 cm³/mol. The first-order valence-electron chi connectivity index (χ1n) is 4.15. The van der Waals surface area contributed by atoms with Crippen LogP contribution in [0.1, 0.15) is 24.3 Å². The summed E-state index contributed by atoms with van der Waals surface area (Å²) < 4.78 is 6.39. The Labute approximate surface area is 80.9 Å². The summed E-state index contributed by atoms with van der Waals surface area (Å²) in [6.07, 6.45) is 2.62. The fraction of sp³-hybridized carbons (Fsp3) is 0.400. The minimum atomic E-state index is 0.748. The van der Waals surface area contributed by atoms with E-state index in [9.17, 15) is 0 Å². The first-order chi connectivity index (χ1) is 5.83. The molecule has 1 aliphatic rings. The van der Waals surface area contributed by atoms with Gasteiger partial charge >= 0.3 is 0 Å². The van der Waals surface area contributed by atoms with Gasteiger partial charge in [0.2, 0.25) is 0 Å². The molecule has 1 aromatic rings. The van der Waals surface area contributed by atoms with E-state index in [2.05, 4.69) is 28.1 Å². The summed E-state index contributed by atoms with van der Waals surface area (Å²) in [4.78, 5) is 0. The number of rotatable bonds is 2. The molecule has 1 saturated carbocycles. The summed E-state index contributed by atoms with van der Waals surface area (Å²) in [5.41, 5.74) is 1.35. The van der Waals surface area contributed by atoms with Gasteiger partial charge in [0.05, 0.1) is 11.6 Å². The van der Waals surface area contributed by atoms with Gasteiger partial charge in [0.1, 0.15) is 5.75 Å². The highest BCUT2D eigenvalue weighted by Crippen LogP contribution is 2.46. The van der Waals surface area contributed by atoms with E-state index in [0.717, 1.165) is 16.1 Å². The third-order valence-electron chi connectivity index (χ3n) is 2.22. The maximum atomic E-state index is 5.33. The maximum Gasteiger partial charge on any atom is 0.136 e. The lowest BCUT2D eigenvalue weighted by Gasteiger charge is -2.08. The molecule has 2 heteroatoms. The molecule has 0 aromatic heterocycles. The zero-order valence-electron chi connectivity index (χ0n) is 7.01. The van der Waals surface area contributed by atoms with Crippen LogP contribution in [0, 0.1) is 0 Å². The molecular weight excluding hydrogens is 216 g/mol. The van der Waals surface area contributed by atoms with Crippen LogP contribution < -0.4 is 4.74 Å². The molecule has 0 amide bonds. The second-order valence-corrected chi connectivity index (χ2v) is 3.99. The van der Waals surface area contributed by atoms with E-state index in [1.807, 2.05) is 6.07 Å². The van der Waals surface area contributed by atoms with Crippen molar-refractivity contribution in [3.05, 3.63) is 28.2 Å². The monoisotopic (exact) mass is 226 g/mol. The largest absolute Gasteiger partial charge is 0.495 e. The minimum absolute atomic E-state index is 0.748.